The number of amides is 1. The van der Waals surface area contributed by atoms with Crippen molar-refractivity contribution in [2.45, 2.75) is 13.3 Å². The van der Waals surface area contributed by atoms with Gasteiger partial charge in [-0.3, -0.25) is 4.79 Å². The third-order valence-corrected chi connectivity index (χ3v) is 4.71. The van der Waals surface area contributed by atoms with Crippen molar-refractivity contribution in [3.8, 4) is 22.6 Å². The first-order chi connectivity index (χ1) is 14.1. The minimum Gasteiger partial charge on any atom is -0.481 e. The van der Waals surface area contributed by atoms with E-state index in [9.17, 15) is 9.59 Å². The lowest BCUT2D eigenvalue weighted by Crippen LogP contribution is -2.19. The van der Waals surface area contributed by atoms with Gasteiger partial charge in [0.1, 0.15) is 5.75 Å². The molecule has 0 fully saturated rings. The van der Waals surface area contributed by atoms with Crippen LogP contribution in [-0.2, 0) is 9.59 Å². The van der Waals surface area contributed by atoms with Crippen LogP contribution < -0.4 is 14.8 Å². The van der Waals surface area contributed by atoms with Crippen LogP contribution in [0, 0.1) is 0 Å². The van der Waals surface area contributed by atoms with E-state index in [4.69, 9.17) is 9.47 Å². The van der Waals surface area contributed by atoms with E-state index < -0.39 is 5.97 Å². The lowest BCUT2D eigenvalue weighted by atomic mass is 10.1. The maximum Gasteiger partial charge on any atom is 0.349 e. The molecule has 29 heavy (non-hydrogen) atoms. The summed E-state index contributed by atoms with van der Waals surface area (Å²) in [7, 11) is 0. The molecule has 0 aliphatic carbocycles. The number of nitrogens with one attached hydrogen (secondary N) is 1. The summed E-state index contributed by atoms with van der Waals surface area (Å²) in [6.07, 6.45) is 0.332. The quantitative estimate of drug-likeness (QED) is 0.381. The zero-order valence-electron chi connectivity index (χ0n) is 15.9. The van der Waals surface area contributed by atoms with E-state index in [1.165, 1.54) is 0 Å². The lowest BCUT2D eigenvalue weighted by Gasteiger charge is -2.12. The van der Waals surface area contributed by atoms with Crippen LogP contribution in [0.2, 0.25) is 0 Å². The molecule has 3 aromatic carbocycles. The van der Waals surface area contributed by atoms with Crippen LogP contribution in [0.15, 0.2) is 77.3 Å². The molecule has 0 heterocycles. The summed E-state index contributed by atoms with van der Waals surface area (Å²) in [5.41, 5.74) is 2.57. The van der Waals surface area contributed by atoms with E-state index in [-0.39, 0.29) is 18.3 Å². The predicted molar refractivity (Wildman–Crippen MR) is 116 cm³/mol. The fraction of sp³-hybridized carbons (Fsp3) is 0.130. The second-order valence-electron chi connectivity index (χ2n) is 6.17. The number of carbonyl (C=O) groups is 2. The number of anilines is 1. The summed E-state index contributed by atoms with van der Waals surface area (Å²) in [4.78, 5) is 23.8. The lowest BCUT2D eigenvalue weighted by molar-refractivity contribution is -0.136. The molecule has 0 saturated heterocycles. The summed E-state index contributed by atoms with van der Waals surface area (Å²) < 4.78 is 11.7. The molecule has 0 radical (unpaired) electrons. The highest BCUT2D eigenvalue weighted by Gasteiger charge is 2.13. The largest absolute Gasteiger partial charge is 0.481 e. The highest BCUT2D eigenvalue weighted by atomic mass is 79.9. The molecule has 1 N–H and O–H groups in total. The molecule has 1 amide bonds. The summed E-state index contributed by atoms with van der Waals surface area (Å²) in [5.74, 6) is 0.0880. The van der Waals surface area contributed by atoms with Gasteiger partial charge in [-0.2, -0.15) is 0 Å². The van der Waals surface area contributed by atoms with E-state index in [0.29, 0.717) is 17.9 Å². The molecule has 0 spiro atoms. The average molecular weight is 454 g/mol. The molecule has 0 atom stereocenters. The first-order valence-electron chi connectivity index (χ1n) is 9.14. The molecule has 3 aromatic rings. The normalized spacial score (nSPS) is 10.3. The topological polar surface area (TPSA) is 64.6 Å². The molecule has 148 valence electrons. The van der Waals surface area contributed by atoms with Crippen LogP contribution in [0.25, 0.3) is 11.1 Å². The SMILES string of the molecule is CCC(=O)Nc1ccccc1OC(=O)COc1ccc(-c2ccccc2)cc1Br. The number of hydrogen-bond acceptors (Lipinski definition) is 4. The number of halogens is 1. The van der Waals surface area contributed by atoms with E-state index in [0.717, 1.165) is 15.6 Å². The van der Waals surface area contributed by atoms with Crippen molar-refractivity contribution in [1.29, 1.82) is 0 Å². The van der Waals surface area contributed by atoms with Gasteiger partial charge in [-0.25, -0.2) is 4.79 Å². The Labute approximate surface area is 177 Å². The molecule has 0 saturated carbocycles. The third-order valence-electron chi connectivity index (χ3n) is 4.09. The predicted octanol–water partition coefficient (Wildman–Crippen LogP) is 5.45. The van der Waals surface area contributed by atoms with Crippen LogP contribution >= 0.6 is 15.9 Å². The number of benzene rings is 3. The van der Waals surface area contributed by atoms with Crippen molar-refractivity contribution in [2.24, 2.45) is 0 Å². The Bertz CT molecular complexity index is 1000. The fourth-order valence-electron chi connectivity index (χ4n) is 2.61. The van der Waals surface area contributed by atoms with Crippen molar-refractivity contribution in [3.63, 3.8) is 0 Å². The second kappa shape index (κ2) is 9.89. The Balaban J connectivity index is 1.62. The number of para-hydroxylation sites is 2. The fourth-order valence-corrected chi connectivity index (χ4v) is 3.11. The van der Waals surface area contributed by atoms with E-state index >= 15 is 0 Å². The average Bonchev–Trinajstić information content (AvgIpc) is 2.74. The van der Waals surface area contributed by atoms with Crippen molar-refractivity contribution in [2.75, 3.05) is 11.9 Å². The molecule has 0 unspecified atom stereocenters. The van der Waals surface area contributed by atoms with E-state index in [1.807, 2.05) is 42.5 Å². The standard InChI is InChI=1S/C23H20BrNO4/c1-2-22(26)25-19-10-6-7-11-21(19)29-23(27)15-28-20-13-12-17(14-18(20)24)16-8-4-3-5-9-16/h3-14H,2,15H2,1H3,(H,25,26). The van der Waals surface area contributed by atoms with Crippen LogP contribution in [0.4, 0.5) is 5.69 Å². The van der Waals surface area contributed by atoms with Crippen molar-refractivity contribution >= 4 is 33.5 Å². The van der Waals surface area contributed by atoms with Crippen LogP contribution in [0.3, 0.4) is 0 Å². The van der Waals surface area contributed by atoms with Crippen molar-refractivity contribution in [1.82, 2.24) is 0 Å². The molecule has 0 aromatic heterocycles. The van der Waals surface area contributed by atoms with Gasteiger partial charge >= 0.3 is 5.97 Å². The molecule has 0 bridgehead atoms. The smallest absolute Gasteiger partial charge is 0.349 e. The maximum atomic E-state index is 12.2. The number of ether oxygens (including phenoxy) is 2. The van der Waals surface area contributed by atoms with Gasteiger partial charge in [-0.1, -0.05) is 55.5 Å². The zero-order valence-corrected chi connectivity index (χ0v) is 17.4. The van der Waals surface area contributed by atoms with E-state index in [1.54, 1.807) is 37.3 Å². The maximum absolute atomic E-state index is 12.2. The number of carbonyl (C=O) groups excluding carboxylic acids is 2. The van der Waals surface area contributed by atoms with Gasteiger partial charge in [0.15, 0.2) is 12.4 Å². The highest BCUT2D eigenvalue weighted by Crippen LogP contribution is 2.31. The summed E-state index contributed by atoms with van der Waals surface area (Å²) in [6, 6.07) is 22.4. The minimum atomic E-state index is -0.567. The van der Waals surface area contributed by atoms with Crippen molar-refractivity contribution < 1.29 is 19.1 Å². The molecule has 0 aliphatic rings. The van der Waals surface area contributed by atoms with Crippen LogP contribution in [0.1, 0.15) is 13.3 Å². The first kappa shape index (κ1) is 20.6. The third kappa shape index (κ3) is 5.68. The summed E-state index contributed by atoms with van der Waals surface area (Å²) in [5, 5.41) is 2.71. The Kier molecular flexibility index (Phi) is 7.03. The van der Waals surface area contributed by atoms with Gasteiger partial charge in [0.25, 0.3) is 0 Å². The Morgan fingerprint density at radius 3 is 2.34 bits per heavy atom. The molecule has 6 heteroatoms. The molecular weight excluding hydrogens is 434 g/mol. The van der Waals surface area contributed by atoms with Gasteiger partial charge in [-0.05, 0) is 51.3 Å². The number of rotatable bonds is 7. The molecule has 0 aliphatic heterocycles. The highest BCUT2D eigenvalue weighted by molar-refractivity contribution is 9.10. The second-order valence-corrected chi connectivity index (χ2v) is 7.03. The van der Waals surface area contributed by atoms with Crippen LogP contribution in [-0.4, -0.2) is 18.5 Å². The van der Waals surface area contributed by atoms with Gasteiger partial charge < -0.3 is 14.8 Å². The van der Waals surface area contributed by atoms with Crippen molar-refractivity contribution in [3.05, 3.63) is 77.3 Å². The Morgan fingerprint density at radius 1 is 0.897 bits per heavy atom. The molecule has 3 rings (SSSR count). The van der Waals surface area contributed by atoms with Gasteiger partial charge in [-0.15, -0.1) is 0 Å². The minimum absolute atomic E-state index is 0.160. The van der Waals surface area contributed by atoms with Gasteiger partial charge in [0.2, 0.25) is 5.91 Å². The summed E-state index contributed by atoms with van der Waals surface area (Å²) >= 11 is 3.48. The number of hydrogen-bond donors (Lipinski definition) is 1. The van der Waals surface area contributed by atoms with Gasteiger partial charge in [0, 0.05) is 6.42 Å². The monoisotopic (exact) mass is 453 g/mol. The number of esters is 1. The Hall–Kier alpha value is -3.12. The molecular formula is C23H20BrNO4. The van der Waals surface area contributed by atoms with Crippen LogP contribution in [0.5, 0.6) is 11.5 Å². The van der Waals surface area contributed by atoms with E-state index in [2.05, 4.69) is 21.2 Å². The first-order valence-corrected chi connectivity index (χ1v) is 9.93. The Morgan fingerprint density at radius 2 is 1.62 bits per heavy atom. The van der Waals surface area contributed by atoms with Gasteiger partial charge in [0.05, 0.1) is 10.2 Å². The zero-order chi connectivity index (χ0) is 20.6. The molecule has 5 nitrogen and oxygen atoms in total. The summed E-state index contributed by atoms with van der Waals surface area (Å²) in [6.45, 7) is 1.48.